The third-order valence-corrected chi connectivity index (χ3v) is 1.77. The molecule has 0 radical (unpaired) electrons. The summed E-state index contributed by atoms with van der Waals surface area (Å²) in [5, 5.41) is 8.52. The first-order valence-electron chi connectivity index (χ1n) is 2.78. The van der Waals surface area contributed by atoms with Crippen LogP contribution in [0.15, 0.2) is 12.4 Å². The van der Waals surface area contributed by atoms with E-state index in [1.807, 2.05) is 20.4 Å². The Kier molecular flexibility index (Phi) is 2.59. The first kappa shape index (κ1) is 7.14. The molecule has 0 aromatic carbocycles. The Morgan fingerprint density at radius 1 is 1.56 bits per heavy atom. The molecule has 0 fully saturated rings. The molecule has 3 nitrogen and oxygen atoms in total. The number of hydrogen-bond acceptors (Lipinski definition) is 3. The lowest BCUT2D eigenvalue weighted by Gasteiger charge is -2.14. The molecule has 0 saturated carbocycles. The van der Waals surface area contributed by atoms with E-state index in [4.69, 9.17) is 5.11 Å². The Hall–Kier alpha value is 0.0300. The molecule has 0 aliphatic carbocycles. The maximum absolute atomic E-state index is 8.52. The van der Waals surface area contributed by atoms with E-state index in [9.17, 15) is 0 Å². The Morgan fingerprint density at radius 3 is 2.78 bits per heavy atom. The fourth-order valence-electron chi connectivity index (χ4n) is 0.708. The lowest BCUT2D eigenvalue weighted by molar-refractivity contribution is 0.233. The van der Waals surface area contributed by atoms with Crippen LogP contribution in [0.3, 0.4) is 0 Å². The van der Waals surface area contributed by atoms with Gasteiger partial charge < -0.3 is 13.1 Å². The molecule has 0 spiro atoms. The smallest absolute Gasteiger partial charge is 0.0988 e. The van der Waals surface area contributed by atoms with Gasteiger partial charge in [0.1, 0.15) is 0 Å². The number of β-amino-alcohol motifs (C(OH)–C–C–N with tert-alkyl or cyclic N) is 1. The van der Waals surface area contributed by atoms with Crippen LogP contribution in [0.2, 0.25) is 0 Å². The number of halogens is 1. The summed E-state index contributed by atoms with van der Waals surface area (Å²) in [5.41, 5.74) is 0. The van der Waals surface area contributed by atoms with Crippen molar-refractivity contribution >= 4 is 22.9 Å². The predicted molar refractivity (Wildman–Crippen MR) is 43.7 cm³/mol. The van der Waals surface area contributed by atoms with Gasteiger partial charge in [-0.05, 0) is 0 Å². The van der Waals surface area contributed by atoms with Crippen molar-refractivity contribution in [1.29, 1.82) is 0 Å². The molecule has 1 N–H and O–H groups in total. The normalized spacial score (nSPS) is 17.6. The molecule has 1 aliphatic rings. The summed E-state index contributed by atoms with van der Waals surface area (Å²) in [7, 11) is 0. The highest BCUT2D eigenvalue weighted by Gasteiger charge is 2.06. The van der Waals surface area contributed by atoms with Crippen molar-refractivity contribution in [3.8, 4) is 0 Å². The van der Waals surface area contributed by atoms with E-state index >= 15 is 0 Å². The minimum atomic E-state index is 0.231. The number of hydrogen-bond donors (Lipinski definition) is 1. The van der Waals surface area contributed by atoms with E-state index in [1.54, 1.807) is 0 Å². The first-order chi connectivity index (χ1) is 4.33. The minimum Gasteiger partial charge on any atom is -0.395 e. The Labute approximate surface area is 68.4 Å². The van der Waals surface area contributed by atoms with Crippen molar-refractivity contribution < 1.29 is 5.11 Å². The quantitative estimate of drug-likeness (QED) is 0.558. The van der Waals surface area contributed by atoms with Gasteiger partial charge in [0.05, 0.1) is 36.1 Å². The van der Waals surface area contributed by atoms with Crippen molar-refractivity contribution in [3.63, 3.8) is 0 Å². The summed E-state index contributed by atoms with van der Waals surface area (Å²) in [6, 6.07) is 0. The average molecular weight is 240 g/mol. The molecule has 9 heavy (non-hydrogen) atoms. The van der Waals surface area contributed by atoms with Gasteiger partial charge in [-0.2, -0.15) is 0 Å². The summed E-state index contributed by atoms with van der Waals surface area (Å²) in [4.78, 5) is 2.05. The third-order valence-electron chi connectivity index (χ3n) is 1.14. The van der Waals surface area contributed by atoms with Gasteiger partial charge in [-0.15, -0.1) is 0 Å². The zero-order valence-corrected chi connectivity index (χ0v) is 7.15. The molecular formula is C5H9IN2O. The largest absolute Gasteiger partial charge is 0.395 e. The van der Waals surface area contributed by atoms with Crippen molar-refractivity contribution in [2.24, 2.45) is 0 Å². The van der Waals surface area contributed by atoms with Crippen molar-refractivity contribution in [1.82, 2.24) is 8.01 Å². The fourth-order valence-corrected chi connectivity index (χ4v) is 1.24. The van der Waals surface area contributed by atoms with E-state index in [0.29, 0.717) is 0 Å². The van der Waals surface area contributed by atoms with Gasteiger partial charge in [0.15, 0.2) is 0 Å². The van der Waals surface area contributed by atoms with Gasteiger partial charge in [-0.3, -0.25) is 0 Å². The minimum absolute atomic E-state index is 0.231. The summed E-state index contributed by atoms with van der Waals surface area (Å²) < 4.78 is 2.04. The first-order valence-corrected chi connectivity index (χ1v) is 3.75. The summed E-state index contributed by atoms with van der Waals surface area (Å²) in [6.45, 7) is 1.85. The van der Waals surface area contributed by atoms with Crippen LogP contribution in [0.1, 0.15) is 0 Å². The van der Waals surface area contributed by atoms with Crippen LogP contribution in [0.4, 0.5) is 0 Å². The van der Waals surface area contributed by atoms with Crippen LogP contribution in [0.25, 0.3) is 0 Å². The molecule has 0 aromatic rings. The molecule has 0 amide bonds. The summed E-state index contributed by atoms with van der Waals surface area (Å²) in [6.07, 6.45) is 3.96. The SMILES string of the molecule is OCCN1C=CN(I)C1. The molecule has 1 aliphatic heterocycles. The van der Waals surface area contributed by atoms with Crippen molar-refractivity contribution in [3.05, 3.63) is 12.4 Å². The lowest BCUT2D eigenvalue weighted by Crippen LogP contribution is -2.22. The van der Waals surface area contributed by atoms with Gasteiger partial charge in [0.2, 0.25) is 0 Å². The van der Waals surface area contributed by atoms with Gasteiger partial charge in [-0.25, -0.2) is 0 Å². The van der Waals surface area contributed by atoms with Gasteiger partial charge >= 0.3 is 0 Å². The van der Waals surface area contributed by atoms with Crippen LogP contribution in [0.5, 0.6) is 0 Å². The Balaban J connectivity index is 2.24. The zero-order chi connectivity index (χ0) is 6.69. The van der Waals surface area contributed by atoms with Crippen LogP contribution in [0, 0.1) is 0 Å². The molecule has 52 valence electrons. The number of aliphatic hydroxyl groups is 1. The second-order valence-corrected chi connectivity index (χ2v) is 3.11. The van der Waals surface area contributed by atoms with E-state index in [2.05, 4.69) is 22.9 Å². The lowest BCUT2D eigenvalue weighted by atomic mass is 10.6. The molecule has 4 heteroatoms. The average Bonchev–Trinajstić information content (AvgIpc) is 2.17. The van der Waals surface area contributed by atoms with E-state index in [0.717, 1.165) is 13.2 Å². The molecule has 1 heterocycles. The van der Waals surface area contributed by atoms with Crippen LogP contribution in [-0.4, -0.2) is 32.9 Å². The fraction of sp³-hybridized carbons (Fsp3) is 0.600. The van der Waals surface area contributed by atoms with E-state index in [1.165, 1.54) is 0 Å². The van der Waals surface area contributed by atoms with Crippen LogP contribution >= 0.6 is 22.9 Å². The topological polar surface area (TPSA) is 26.7 Å². The monoisotopic (exact) mass is 240 g/mol. The predicted octanol–water partition coefficient (Wildman–Crippen LogP) is 0.375. The highest BCUT2D eigenvalue weighted by Crippen LogP contribution is 2.09. The summed E-state index contributed by atoms with van der Waals surface area (Å²) >= 11 is 2.21. The van der Waals surface area contributed by atoms with E-state index < -0.39 is 0 Å². The third kappa shape index (κ3) is 2.02. The van der Waals surface area contributed by atoms with Crippen LogP contribution in [-0.2, 0) is 0 Å². The molecule has 0 aromatic heterocycles. The maximum Gasteiger partial charge on any atom is 0.0988 e. The molecule has 0 saturated heterocycles. The highest BCUT2D eigenvalue weighted by atomic mass is 127. The van der Waals surface area contributed by atoms with Crippen LogP contribution < -0.4 is 0 Å². The van der Waals surface area contributed by atoms with Gasteiger partial charge in [0, 0.05) is 18.9 Å². The molecular weight excluding hydrogens is 231 g/mol. The van der Waals surface area contributed by atoms with Crippen molar-refractivity contribution in [2.45, 2.75) is 0 Å². The Bertz CT molecular complexity index is 118. The molecule has 0 unspecified atom stereocenters. The number of nitrogens with zero attached hydrogens (tertiary/aromatic N) is 2. The Morgan fingerprint density at radius 2 is 2.33 bits per heavy atom. The summed E-state index contributed by atoms with van der Waals surface area (Å²) in [5.74, 6) is 0. The van der Waals surface area contributed by atoms with Gasteiger partial charge in [0.25, 0.3) is 0 Å². The van der Waals surface area contributed by atoms with E-state index in [-0.39, 0.29) is 6.61 Å². The second-order valence-electron chi connectivity index (χ2n) is 1.88. The zero-order valence-electron chi connectivity index (χ0n) is 5.00. The standard InChI is InChI=1S/C5H9IN2O/c6-8-2-1-7(5-8)3-4-9/h1-2,9H,3-5H2. The maximum atomic E-state index is 8.52. The highest BCUT2D eigenvalue weighted by molar-refractivity contribution is 14.1. The number of aliphatic hydroxyl groups excluding tert-OH is 1. The second kappa shape index (κ2) is 3.26. The molecule has 0 bridgehead atoms. The molecule has 0 atom stereocenters. The van der Waals surface area contributed by atoms with Gasteiger partial charge in [-0.1, -0.05) is 0 Å². The number of rotatable bonds is 2. The van der Waals surface area contributed by atoms with Crippen molar-refractivity contribution in [2.75, 3.05) is 19.8 Å². The molecule has 1 rings (SSSR count).